The third kappa shape index (κ3) is 3.08. The lowest BCUT2D eigenvalue weighted by Crippen LogP contribution is -2.49. The fraction of sp³-hybridized carbons (Fsp3) is 1.00. The molecular weight excluding hydrogens is 222 g/mol. The summed E-state index contributed by atoms with van der Waals surface area (Å²) in [7, 11) is 2.14. The van der Waals surface area contributed by atoms with Crippen molar-refractivity contribution < 1.29 is 4.74 Å². The van der Waals surface area contributed by atoms with Gasteiger partial charge in [0.2, 0.25) is 0 Å². The second-order valence-corrected chi connectivity index (χ2v) is 6.55. The van der Waals surface area contributed by atoms with E-state index in [4.69, 9.17) is 4.74 Å². The summed E-state index contributed by atoms with van der Waals surface area (Å²) in [5.41, 5.74) is 0.254. The Morgan fingerprint density at radius 2 is 2.00 bits per heavy atom. The number of hydrogen-bond acceptors (Lipinski definition) is 2. The Bertz CT molecular complexity index is 242. The van der Waals surface area contributed by atoms with Crippen molar-refractivity contribution in [1.82, 2.24) is 5.32 Å². The molecule has 0 radical (unpaired) electrons. The van der Waals surface area contributed by atoms with Crippen LogP contribution in [0.15, 0.2) is 0 Å². The van der Waals surface area contributed by atoms with Gasteiger partial charge in [-0.3, -0.25) is 0 Å². The Kier molecular flexibility index (Phi) is 5.08. The summed E-state index contributed by atoms with van der Waals surface area (Å²) >= 11 is 0. The van der Waals surface area contributed by atoms with Crippen molar-refractivity contribution >= 4 is 0 Å². The van der Waals surface area contributed by atoms with Crippen molar-refractivity contribution in [3.63, 3.8) is 0 Å². The Labute approximate surface area is 113 Å². The number of rotatable bonds is 4. The smallest absolute Gasteiger partial charge is 0.0685 e. The standard InChI is InChI=1S/C16H31NO/c1-4-13(2)15(17-3)14-8-11-18-16(12-14)9-6-5-7-10-16/h13-15,17H,4-12H2,1-3H3. The first kappa shape index (κ1) is 14.3. The van der Waals surface area contributed by atoms with Crippen LogP contribution in [0.25, 0.3) is 0 Å². The summed E-state index contributed by atoms with van der Waals surface area (Å²) in [4.78, 5) is 0. The van der Waals surface area contributed by atoms with Crippen molar-refractivity contribution in [2.24, 2.45) is 11.8 Å². The van der Waals surface area contributed by atoms with Crippen molar-refractivity contribution in [1.29, 1.82) is 0 Å². The predicted molar refractivity (Wildman–Crippen MR) is 76.8 cm³/mol. The molecule has 0 aromatic carbocycles. The van der Waals surface area contributed by atoms with E-state index in [1.807, 2.05) is 0 Å². The summed E-state index contributed by atoms with van der Waals surface area (Å²) in [5, 5.41) is 3.59. The molecule has 2 fully saturated rings. The van der Waals surface area contributed by atoms with Crippen molar-refractivity contribution in [3.8, 4) is 0 Å². The molecule has 3 atom stereocenters. The lowest BCUT2D eigenvalue weighted by atomic mass is 9.72. The van der Waals surface area contributed by atoms with Gasteiger partial charge < -0.3 is 10.1 Å². The second-order valence-electron chi connectivity index (χ2n) is 6.55. The van der Waals surface area contributed by atoms with Crippen LogP contribution in [-0.4, -0.2) is 25.3 Å². The zero-order valence-electron chi connectivity index (χ0n) is 12.5. The van der Waals surface area contributed by atoms with Crippen LogP contribution in [0.2, 0.25) is 0 Å². The highest BCUT2D eigenvalue weighted by atomic mass is 16.5. The lowest BCUT2D eigenvalue weighted by molar-refractivity contribution is -0.123. The Morgan fingerprint density at radius 1 is 1.28 bits per heavy atom. The van der Waals surface area contributed by atoms with Gasteiger partial charge >= 0.3 is 0 Å². The summed E-state index contributed by atoms with van der Waals surface area (Å²) in [5.74, 6) is 1.59. The average molecular weight is 253 g/mol. The van der Waals surface area contributed by atoms with E-state index in [-0.39, 0.29) is 5.60 Å². The van der Waals surface area contributed by atoms with E-state index in [0.717, 1.165) is 18.4 Å². The first-order valence-electron chi connectivity index (χ1n) is 8.02. The minimum absolute atomic E-state index is 0.254. The maximum Gasteiger partial charge on any atom is 0.0685 e. The van der Waals surface area contributed by atoms with Crippen LogP contribution < -0.4 is 5.32 Å². The van der Waals surface area contributed by atoms with E-state index in [0.29, 0.717) is 6.04 Å². The van der Waals surface area contributed by atoms with Gasteiger partial charge in [-0.25, -0.2) is 0 Å². The molecule has 1 heterocycles. The molecule has 0 bridgehead atoms. The monoisotopic (exact) mass is 253 g/mol. The van der Waals surface area contributed by atoms with Crippen LogP contribution in [-0.2, 0) is 4.74 Å². The lowest BCUT2D eigenvalue weighted by Gasteiger charge is -2.46. The Balaban J connectivity index is 2.00. The second kappa shape index (κ2) is 6.38. The predicted octanol–water partition coefficient (Wildman–Crippen LogP) is 3.75. The van der Waals surface area contributed by atoms with E-state index in [9.17, 15) is 0 Å². The topological polar surface area (TPSA) is 21.3 Å². The van der Waals surface area contributed by atoms with E-state index in [2.05, 4.69) is 26.2 Å². The molecule has 3 unspecified atom stereocenters. The van der Waals surface area contributed by atoms with Gasteiger partial charge in [0.15, 0.2) is 0 Å². The van der Waals surface area contributed by atoms with Gasteiger partial charge in [-0.2, -0.15) is 0 Å². The molecule has 2 aliphatic rings. The SMILES string of the molecule is CCC(C)C(NC)C1CCOC2(CCCCC2)C1. The van der Waals surface area contributed by atoms with E-state index >= 15 is 0 Å². The Morgan fingerprint density at radius 3 is 2.61 bits per heavy atom. The molecule has 2 nitrogen and oxygen atoms in total. The molecule has 1 saturated heterocycles. The van der Waals surface area contributed by atoms with Crippen LogP contribution in [0.1, 0.15) is 65.2 Å². The van der Waals surface area contributed by atoms with Crippen molar-refractivity contribution in [2.45, 2.75) is 76.9 Å². The van der Waals surface area contributed by atoms with E-state index < -0.39 is 0 Å². The molecule has 1 spiro atoms. The first-order valence-corrected chi connectivity index (χ1v) is 8.02. The Hall–Kier alpha value is -0.0800. The van der Waals surface area contributed by atoms with Gasteiger partial charge in [-0.05, 0) is 44.6 Å². The molecule has 0 amide bonds. The molecule has 1 N–H and O–H groups in total. The van der Waals surface area contributed by atoms with Crippen LogP contribution in [0, 0.1) is 11.8 Å². The molecule has 1 aliphatic carbocycles. The van der Waals surface area contributed by atoms with Crippen LogP contribution in [0.5, 0.6) is 0 Å². The van der Waals surface area contributed by atoms with Crippen molar-refractivity contribution in [2.75, 3.05) is 13.7 Å². The van der Waals surface area contributed by atoms with Crippen LogP contribution in [0.4, 0.5) is 0 Å². The minimum atomic E-state index is 0.254. The van der Waals surface area contributed by atoms with E-state index in [1.54, 1.807) is 0 Å². The first-order chi connectivity index (χ1) is 8.71. The zero-order chi connectivity index (χ0) is 13.0. The third-order valence-electron chi connectivity index (χ3n) is 5.39. The van der Waals surface area contributed by atoms with Gasteiger partial charge in [0.05, 0.1) is 5.60 Å². The van der Waals surface area contributed by atoms with Gasteiger partial charge in [0, 0.05) is 12.6 Å². The number of hydrogen-bond donors (Lipinski definition) is 1. The molecular formula is C16H31NO. The van der Waals surface area contributed by atoms with Gasteiger partial charge in [0.25, 0.3) is 0 Å². The largest absolute Gasteiger partial charge is 0.375 e. The molecule has 106 valence electrons. The van der Waals surface area contributed by atoms with Gasteiger partial charge in [-0.1, -0.05) is 39.5 Å². The quantitative estimate of drug-likeness (QED) is 0.824. The van der Waals surface area contributed by atoms with Gasteiger partial charge in [0.1, 0.15) is 0 Å². The molecule has 2 rings (SSSR count). The molecule has 1 aliphatic heterocycles. The molecule has 0 aromatic heterocycles. The molecule has 0 aromatic rings. The maximum absolute atomic E-state index is 6.22. The average Bonchev–Trinajstić information content (AvgIpc) is 2.40. The summed E-state index contributed by atoms with van der Waals surface area (Å²) in [6, 6.07) is 0.678. The highest BCUT2D eigenvalue weighted by Crippen LogP contribution is 2.42. The highest BCUT2D eigenvalue weighted by Gasteiger charge is 2.41. The summed E-state index contributed by atoms with van der Waals surface area (Å²) < 4.78 is 6.22. The van der Waals surface area contributed by atoms with Gasteiger partial charge in [-0.15, -0.1) is 0 Å². The molecule has 2 heteroatoms. The zero-order valence-corrected chi connectivity index (χ0v) is 12.5. The minimum Gasteiger partial charge on any atom is -0.375 e. The fourth-order valence-corrected chi connectivity index (χ4v) is 4.16. The molecule has 1 saturated carbocycles. The molecule has 18 heavy (non-hydrogen) atoms. The van der Waals surface area contributed by atoms with E-state index in [1.165, 1.54) is 51.4 Å². The highest BCUT2D eigenvalue weighted by molar-refractivity contribution is 4.93. The normalized spacial score (nSPS) is 31.2. The maximum atomic E-state index is 6.22. The van der Waals surface area contributed by atoms with Crippen LogP contribution in [0.3, 0.4) is 0 Å². The van der Waals surface area contributed by atoms with Crippen molar-refractivity contribution in [3.05, 3.63) is 0 Å². The fourth-order valence-electron chi connectivity index (χ4n) is 4.16. The third-order valence-corrected chi connectivity index (χ3v) is 5.39. The summed E-state index contributed by atoms with van der Waals surface area (Å²) in [6.45, 7) is 5.69. The van der Waals surface area contributed by atoms with Crippen LogP contribution >= 0.6 is 0 Å². The number of ether oxygens (including phenoxy) is 1. The summed E-state index contributed by atoms with van der Waals surface area (Å²) in [6.07, 6.45) is 10.6. The number of nitrogens with one attached hydrogen (secondary N) is 1.